The van der Waals surface area contributed by atoms with Gasteiger partial charge < -0.3 is 4.74 Å². The molecule has 1 aliphatic heterocycles. The van der Waals surface area contributed by atoms with Gasteiger partial charge in [0.05, 0.1) is 6.42 Å². The van der Waals surface area contributed by atoms with E-state index in [-0.39, 0.29) is 11.4 Å². The molecule has 0 unspecified atom stereocenters. The Balaban J connectivity index is 2.41. The van der Waals surface area contributed by atoms with Gasteiger partial charge in [0.15, 0.2) is 0 Å². The van der Waals surface area contributed by atoms with Crippen LogP contribution < -0.4 is 0 Å². The van der Waals surface area contributed by atoms with Crippen LogP contribution in [0.4, 0.5) is 0 Å². The Morgan fingerprint density at radius 3 is 2.47 bits per heavy atom. The van der Waals surface area contributed by atoms with Crippen LogP contribution >= 0.6 is 15.9 Å². The summed E-state index contributed by atoms with van der Waals surface area (Å²) in [7, 11) is 0. The van der Waals surface area contributed by atoms with E-state index in [0.29, 0.717) is 11.8 Å². The Hall–Kier alpha value is -0.830. The lowest BCUT2D eigenvalue weighted by atomic mass is 9.74. The average molecular weight is 297 g/mol. The molecule has 2 rings (SSSR count). The van der Waals surface area contributed by atoms with Crippen LogP contribution in [0.3, 0.4) is 0 Å². The fraction of sp³-hybridized carbons (Fsp3) is 0.500. The van der Waals surface area contributed by atoms with Crippen LogP contribution in [0, 0.1) is 5.41 Å². The third-order valence-corrected chi connectivity index (χ3v) is 4.12. The van der Waals surface area contributed by atoms with Gasteiger partial charge in [0, 0.05) is 5.33 Å². The highest BCUT2D eigenvalue weighted by Crippen LogP contribution is 2.45. The highest BCUT2D eigenvalue weighted by atomic mass is 79.9. The van der Waals surface area contributed by atoms with E-state index in [2.05, 4.69) is 29.8 Å². The fourth-order valence-electron chi connectivity index (χ4n) is 2.57. The van der Waals surface area contributed by atoms with Crippen molar-refractivity contribution >= 4 is 21.9 Å². The third kappa shape index (κ3) is 2.54. The second-order valence-corrected chi connectivity index (χ2v) is 6.05. The van der Waals surface area contributed by atoms with Crippen molar-refractivity contribution in [3.05, 3.63) is 35.9 Å². The zero-order valence-corrected chi connectivity index (χ0v) is 11.8. The molecule has 17 heavy (non-hydrogen) atoms. The minimum Gasteiger partial charge on any atom is -0.453 e. The number of ether oxygens (including phenoxy) is 1. The van der Waals surface area contributed by atoms with E-state index in [4.69, 9.17) is 4.74 Å². The van der Waals surface area contributed by atoms with Gasteiger partial charge in [-0.3, -0.25) is 4.79 Å². The van der Waals surface area contributed by atoms with Crippen molar-refractivity contribution in [2.75, 3.05) is 5.33 Å². The van der Waals surface area contributed by atoms with Gasteiger partial charge in [0.2, 0.25) is 0 Å². The number of esters is 1. The molecule has 1 aromatic carbocycles. The monoisotopic (exact) mass is 296 g/mol. The van der Waals surface area contributed by atoms with E-state index in [1.165, 1.54) is 0 Å². The van der Waals surface area contributed by atoms with Crippen LogP contribution in [0.1, 0.15) is 32.3 Å². The highest BCUT2D eigenvalue weighted by Gasteiger charge is 2.45. The first-order valence-corrected chi connectivity index (χ1v) is 6.93. The summed E-state index contributed by atoms with van der Waals surface area (Å²) in [6.45, 7) is 4.24. The average Bonchev–Trinajstić information content (AvgIpc) is 2.27. The van der Waals surface area contributed by atoms with E-state index in [1.54, 1.807) is 0 Å². The van der Waals surface area contributed by atoms with Crippen LogP contribution in [0.15, 0.2) is 30.3 Å². The lowest BCUT2D eigenvalue weighted by molar-refractivity contribution is -0.175. The van der Waals surface area contributed by atoms with Gasteiger partial charge >= 0.3 is 5.97 Å². The number of hydrogen-bond donors (Lipinski definition) is 0. The molecule has 0 radical (unpaired) electrons. The molecule has 1 fully saturated rings. The number of alkyl halides is 1. The molecule has 92 valence electrons. The summed E-state index contributed by atoms with van der Waals surface area (Å²) in [5.41, 5.74) is 0.539. The lowest BCUT2D eigenvalue weighted by Crippen LogP contribution is -2.44. The predicted octanol–water partition coefficient (Wildman–Crippen LogP) is 3.64. The second kappa shape index (κ2) is 4.45. The maximum Gasteiger partial charge on any atom is 0.307 e. The summed E-state index contributed by atoms with van der Waals surface area (Å²) in [4.78, 5) is 11.8. The largest absolute Gasteiger partial charge is 0.453 e. The standard InChI is InChI=1S/C14H17BrO2/c1-13(2)8-12(16)17-14(9-13,10-15)11-6-4-3-5-7-11/h3-7H,8-10H2,1-2H3/t14-/m1/s1. The molecular weight excluding hydrogens is 280 g/mol. The normalized spacial score (nSPS) is 27.6. The molecule has 0 aliphatic carbocycles. The highest BCUT2D eigenvalue weighted by molar-refractivity contribution is 9.09. The number of carbonyl (C=O) groups is 1. The van der Waals surface area contributed by atoms with E-state index in [1.807, 2.05) is 30.3 Å². The molecule has 0 N–H and O–H groups in total. The number of carbonyl (C=O) groups excluding carboxylic acids is 1. The van der Waals surface area contributed by atoms with Gasteiger partial charge in [-0.1, -0.05) is 60.1 Å². The van der Waals surface area contributed by atoms with Crippen LogP contribution in [-0.4, -0.2) is 11.3 Å². The van der Waals surface area contributed by atoms with E-state index in [0.717, 1.165) is 12.0 Å². The lowest BCUT2D eigenvalue weighted by Gasteiger charge is -2.43. The van der Waals surface area contributed by atoms with E-state index >= 15 is 0 Å². The van der Waals surface area contributed by atoms with Crippen molar-refractivity contribution in [1.29, 1.82) is 0 Å². The Morgan fingerprint density at radius 2 is 1.94 bits per heavy atom. The summed E-state index contributed by atoms with van der Waals surface area (Å²) in [5.74, 6) is -0.107. The summed E-state index contributed by atoms with van der Waals surface area (Å²) in [6, 6.07) is 9.98. The van der Waals surface area contributed by atoms with Crippen LogP contribution in [-0.2, 0) is 15.1 Å². The summed E-state index contributed by atoms with van der Waals surface area (Å²) in [5, 5.41) is 0.638. The molecule has 0 saturated carbocycles. The number of cyclic esters (lactones) is 1. The van der Waals surface area contributed by atoms with Crippen molar-refractivity contribution < 1.29 is 9.53 Å². The van der Waals surface area contributed by atoms with Gasteiger partial charge in [-0.05, 0) is 17.4 Å². The first-order chi connectivity index (χ1) is 7.97. The van der Waals surface area contributed by atoms with Gasteiger partial charge in [-0.25, -0.2) is 0 Å². The Morgan fingerprint density at radius 1 is 1.29 bits per heavy atom. The van der Waals surface area contributed by atoms with Crippen molar-refractivity contribution in [1.82, 2.24) is 0 Å². The fourth-order valence-corrected chi connectivity index (χ4v) is 3.21. The molecule has 1 heterocycles. The van der Waals surface area contributed by atoms with Crippen LogP contribution in [0.2, 0.25) is 0 Å². The number of halogens is 1. The first-order valence-electron chi connectivity index (χ1n) is 5.81. The maximum absolute atomic E-state index is 11.8. The predicted molar refractivity (Wildman–Crippen MR) is 71.0 cm³/mol. The molecule has 0 bridgehead atoms. The SMILES string of the molecule is CC1(C)CC(=O)O[C@](CBr)(c2ccccc2)C1. The molecular formula is C14H17BrO2. The molecule has 0 spiro atoms. The maximum atomic E-state index is 11.8. The van der Waals surface area contributed by atoms with Crippen molar-refractivity contribution in [3.8, 4) is 0 Å². The minimum absolute atomic E-state index is 0.0149. The summed E-state index contributed by atoms with van der Waals surface area (Å²) >= 11 is 3.51. The zero-order valence-electron chi connectivity index (χ0n) is 10.2. The Kier molecular flexibility index (Phi) is 3.30. The van der Waals surface area contributed by atoms with Crippen LogP contribution in [0.25, 0.3) is 0 Å². The first kappa shape index (κ1) is 12.6. The van der Waals surface area contributed by atoms with Crippen LogP contribution in [0.5, 0.6) is 0 Å². The molecule has 1 aliphatic rings. The summed E-state index contributed by atoms with van der Waals surface area (Å²) < 4.78 is 5.66. The van der Waals surface area contributed by atoms with Crippen molar-refractivity contribution in [2.45, 2.75) is 32.3 Å². The number of hydrogen-bond acceptors (Lipinski definition) is 2. The second-order valence-electron chi connectivity index (χ2n) is 5.49. The van der Waals surface area contributed by atoms with Gasteiger partial charge in [0.25, 0.3) is 0 Å². The zero-order chi connectivity index (χ0) is 12.5. The molecule has 0 aromatic heterocycles. The van der Waals surface area contributed by atoms with Crippen molar-refractivity contribution in [2.24, 2.45) is 5.41 Å². The third-order valence-electron chi connectivity index (χ3n) is 3.21. The quantitative estimate of drug-likeness (QED) is 0.615. The van der Waals surface area contributed by atoms with Gasteiger partial charge in [0.1, 0.15) is 5.60 Å². The summed E-state index contributed by atoms with van der Waals surface area (Å²) in [6.07, 6.45) is 1.34. The number of rotatable bonds is 2. The smallest absolute Gasteiger partial charge is 0.307 e. The number of benzene rings is 1. The Bertz CT molecular complexity index is 413. The molecule has 1 aromatic rings. The molecule has 1 saturated heterocycles. The topological polar surface area (TPSA) is 26.3 Å². The van der Waals surface area contributed by atoms with E-state index < -0.39 is 5.60 Å². The molecule has 2 nitrogen and oxygen atoms in total. The van der Waals surface area contributed by atoms with Gasteiger partial charge in [-0.15, -0.1) is 0 Å². The van der Waals surface area contributed by atoms with Crippen molar-refractivity contribution in [3.63, 3.8) is 0 Å². The van der Waals surface area contributed by atoms with E-state index in [9.17, 15) is 4.79 Å². The molecule has 1 atom stereocenters. The molecule has 3 heteroatoms. The minimum atomic E-state index is -0.514. The Labute approximate surface area is 110 Å². The van der Waals surface area contributed by atoms with Gasteiger partial charge in [-0.2, -0.15) is 0 Å². The molecule has 0 amide bonds.